The molecule has 1 N–H and O–H groups in total. The van der Waals surface area contributed by atoms with Crippen LogP contribution in [0.2, 0.25) is 0 Å². The van der Waals surface area contributed by atoms with Crippen molar-refractivity contribution < 1.29 is 23.0 Å². The van der Waals surface area contributed by atoms with Crippen LogP contribution in [-0.4, -0.2) is 11.5 Å². The summed E-state index contributed by atoms with van der Waals surface area (Å²) in [5.74, 6) is -0.142. The van der Waals surface area contributed by atoms with Crippen molar-refractivity contribution in [3.05, 3.63) is 29.8 Å². The van der Waals surface area contributed by atoms with Crippen LogP contribution in [0.15, 0.2) is 24.3 Å². The highest BCUT2D eigenvalue weighted by molar-refractivity contribution is 5.33. The van der Waals surface area contributed by atoms with E-state index < -0.39 is 12.0 Å². The molecule has 2 nitrogen and oxygen atoms in total. The van der Waals surface area contributed by atoms with E-state index in [1.54, 1.807) is 6.07 Å². The van der Waals surface area contributed by atoms with Crippen LogP contribution in [0.5, 0.6) is 5.75 Å². The topological polar surface area (TPSA) is 29.5 Å². The second-order valence-electron chi connectivity index (χ2n) is 4.63. The van der Waals surface area contributed by atoms with Crippen LogP contribution < -0.4 is 4.74 Å². The molecule has 5 heteroatoms. The lowest BCUT2D eigenvalue weighted by Gasteiger charge is -2.27. The zero-order chi connectivity index (χ0) is 13.4. The van der Waals surface area contributed by atoms with E-state index in [9.17, 15) is 18.3 Å². The normalized spacial score (nSPS) is 19.4. The first-order valence-corrected chi connectivity index (χ1v) is 5.94. The molecule has 0 spiro atoms. The molecule has 100 valence electrons. The smallest absolute Gasteiger partial charge is 0.406 e. The Morgan fingerprint density at radius 2 is 2.00 bits per heavy atom. The third-order valence-corrected chi connectivity index (χ3v) is 3.36. The molecular weight excluding hydrogens is 245 g/mol. The number of hydrogen-bond acceptors (Lipinski definition) is 2. The molecule has 1 aromatic carbocycles. The maximum absolute atomic E-state index is 12.1. The van der Waals surface area contributed by atoms with E-state index in [1.807, 2.05) is 6.92 Å². The van der Waals surface area contributed by atoms with E-state index in [1.165, 1.54) is 18.2 Å². The monoisotopic (exact) mass is 260 g/mol. The number of rotatable bonds is 4. The molecule has 1 saturated carbocycles. The summed E-state index contributed by atoms with van der Waals surface area (Å²) in [5, 5.41) is 10.5. The molecule has 1 aromatic rings. The fraction of sp³-hybridized carbons (Fsp3) is 0.538. The Bertz CT molecular complexity index is 426. The zero-order valence-corrected chi connectivity index (χ0v) is 10.00. The third-order valence-electron chi connectivity index (χ3n) is 3.36. The van der Waals surface area contributed by atoms with Crippen LogP contribution in [0.4, 0.5) is 13.2 Å². The summed E-state index contributed by atoms with van der Waals surface area (Å²) in [6.07, 6.45) is -2.40. The van der Waals surface area contributed by atoms with E-state index in [2.05, 4.69) is 4.74 Å². The number of ether oxygens (including phenoxy) is 1. The van der Waals surface area contributed by atoms with Crippen molar-refractivity contribution in [1.82, 2.24) is 0 Å². The first-order valence-electron chi connectivity index (χ1n) is 5.94. The first kappa shape index (κ1) is 13.2. The number of hydrogen-bond donors (Lipinski definition) is 1. The summed E-state index contributed by atoms with van der Waals surface area (Å²) in [6.45, 7) is 1.83. The van der Waals surface area contributed by atoms with Crippen LogP contribution in [0.1, 0.15) is 31.7 Å². The summed E-state index contributed by atoms with van der Waals surface area (Å²) in [7, 11) is 0. The maximum atomic E-state index is 12.1. The average Bonchev–Trinajstić information content (AvgIpc) is 3.10. The minimum Gasteiger partial charge on any atom is -0.406 e. The zero-order valence-electron chi connectivity index (χ0n) is 10.00. The van der Waals surface area contributed by atoms with Gasteiger partial charge in [-0.05, 0) is 42.9 Å². The Balaban J connectivity index is 2.26. The minimum absolute atomic E-state index is 0.142. The van der Waals surface area contributed by atoms with Crippen molar-refractivity contribution in [2.75, 3.05) is 0 Å². The highest BCUT2D eigenvalue weighted by Crippen LogP contribution is 2.48. The Labute approximate surface area is 103 Å². The third kappa shape index (κ3) is 2.77. The van der Waals surface area contributed by atoms with E-state index in [4.69, 9.17) is 0 Å². The molecule has 0 radical (unpaired) electrons. The van der Waals surface area contributed by atoms with Gasteiger partial charge in [0.15, 0.2) is 0 Å². The second-order valence-corrected chi connectivity index (χ2v) is 4.63. The quantitative estimate of drug-likeness (QED) is 0.896. The maximum Gasteiger partial charge on any atom is 0.573 e. The molecule has 0 saturated heterocycles. The first-order chi connectivity index (χ1) is 8.35. The molecule has 1 aliphatic rings. The van der Waals surface area contributed by atoms with Gasteiger partial charge in [-0.3, -0.25) is 0 Å². The second kappa shape index (κ2) is 4.46. The molecule has 2 rings (SSSR count). The van der Waals surface area contributed by atoms with E-state index in [-0.39, 0.29) is 11.7 Å². The molecule has 0 aromatic heterocycles. The van der Waals surface area contributed by atoms with E-state index in [0.29, 0.717) is 12.0 Å². The highest BCUT2D eigenvalue weighted by atomic mass is 19.4. The van der Waals surface area contributed by atoms with Gasteiger partial charge in [-0.1, -0.05) is 19.1 Å². The van der Waals surface area contributed by atoms with Gasteiger partial charge in [0.25, 0.3) is 0 Å². The van der Waals surface area contributed by atoms with Crippen molar-refractivity contribution in [1.29, 1.82) is 0 Å². The summed E-state index contributed by atoms with van der Waals surface area (Å²) in [6, 6.07) is 5.62. The van der Waals surface area contributed by atoms with Gasteiger partial charge in [0.05, 0.1) is 5.60 Å². The van der Waals surface area contributed by atoms with Gasteiger partial charge in [-0.15, -0.1) is 13.2 Å². The largest absolute Gasteiger partial charge is 0.573 e. The Morgan fingerprint density at radius 3 is 2.50 bits per heavy atom. The highest BCUT2D eigenvalue weighted by Gasteiger charge is 2.44. The summed E-state index contributed by atoms with van der Waals surface area (Å²) >= 11 is 0. The molecule has 0 bridgehead atoms. The van der Waals surface area contributed by atoms with Crippen molar-refractivity contribution in [3.63, 3.8) is 0 Å². The number of aliphatic hydroxyl groups is 1. The van der Waals surface area contributed by atoms with Gasteiger partial charge in [0, 0.05) is 0 Å². The van der Waals surface area contributed by atoms with E-state index in [0.717, 1.165) is 12.8 Å². The van der Waals surface area contributed by atoms with Gasteiger partial charge in [-0.2, -0.15) is 0 Å². The molecule has 0 amide bonds. The van der Waals surface area contributed by atoms with Crippen molar-refractivity contribution in [3.8, 4) is 5.75 Å². The summed E-state index contributed by atoms with van der Waals surface area (Å²) < 4.78 is 40.3. The van der Waals surface area contributed by atoms with Crippen molar-refractivity contribution >= 4 is 0 Å². The fourth-order valence-electron chi connectivity index (χ4n) is 2.25. The minimum atomic E-state index is -4.71. The molecule has 1 fully saturated rings. The molecule has 1 atom stereocenters. The molecule has 18 heavy (non-hydrogen) atoms. The van der Waals surface area contributed by atoms with Crippen LogP contribution in [-0.2, 0) is 5.60 Å². The predicted octanol–water partition coefficient (Wildman–Crippen LogP) is 3.59. The van der Waals surface area contributed by atoms with Gasteiger partial charge in [0.1, 0.15) is 5.75 Å². The van der Waals surface area contributed by atoms with E-state index >= 15 is 0 Å². The molecule has 0 aliphatic heterocycles. The average molecular weight is 260 g/mol. The van der Waals surface area contributed by atoms with Crippen LogP contribution in [0.25, 0.3) is 0 Å². The van der Waals surface area contributed by atoms with Gasteiger partial charge < -0.3 is 9.84 Å². The van der Waals surface area contributed by atoms with Crippen molar-refractivity contribution in [2.45, 2.75) is 38.1 Å². The molecule has 1 unspecified atom stereocenters. The standard InChI is InChI=1S/C13H15F3O2/c1-2-12(17,9-6-7-9)10-4-3-5-11(8-10)18-13(14,15)16/h3-5,8-9,17H,2,6-7H2,1H3. The predicted molar refractivity (Wildman–Crippen MR) is 60.0 cm³/mol. The Kier molecular flexibility index (Phi) is 3.27. The molecule has 1 aliphatic carbocycles. The lowest BCUT2D eigenvalue weighted by molar-refractivity contribution is -0.274. The summed E-state index contributed by atoms with van der Waals surface area (Å²) in [5.41, 5.74) is -0.542. The SMILES string of the molecule is CCC(O)(c1cccc(OC(F)(F)F)c1)C1CC1. The molecule has 0 heterocycles. The summed E-state index contributed by atoms with van der Waals surface area (Å²) in [4.78, 5) is 0. The lowest BCUT2D eigenvalue weighted by atomic mass is 9.86. The van der Waals surface area contributed by atoms with Gasteiger partial charge in [-0.25, -0.2) is 0 Å². The number of benzene rings is 1. The Hall–Kier alpha value is -1.23. The molecular formula is C13H15F3O2. The number of alkyl halides is 3. The van der Waals surface area contributed by atoms with Crippen molar-refractivity contribution in [2.24, 2.45) is 5.92 Å². The van der Waals surface area contributed by atoms with Crippen LogP contribution in [0.3, 0.4) is 0 Å². The van der Waals surface area contributed by atoms with Gasteiger partial charge >= 0.3 is 6.36 Å². The number of halogens is 3. The van der Waals surface area contributed by atoms with Crippen LogP contribution >= 0.6 is 0 Å². The fourth-order valence-corrected chi connectivity index (χ4v) is 2.25. The Morgan fingerprint density at radius 1 is 1.33 bits per heavy atom. The van der Waals surface area contributed by atoms with Gasteiger partial charge in [0.2, 0.25) is 0 Å². The lowest BCUT2D eigenvalue weighted by Crippen LogP contribution is -2.27. The van der Waals surface area contributed by atoms with Crippen LogP contribution in [0, 0.1) is 5.92 Å².